The second-order valence-corrected chi connectivity index (χ2v) is 3.53. The third-order valence-electron chi connectivity index (χ3n) is 2.17. The van der Waals surface area contributed by atoms with Crippen LogP contribution in [0.15, 0.2) is 18.5 Å². The molecule has 1 aromatic rings. The molecule has 4 nitrogen and oxygen atoms in total. The Balaban J connectivity index is 2.56. The monoisotopic (exact) mass is 208 g/mol. The van der Waals surface area contributed by atoms with Crippen molar-refractivity contribution in [3.63, 3.8) is 0 Å². The fourth-order valence-corrected chi connectivity index (χ4v) is 1.36. The van der Waals surface area contributed by atoms with E-state index in [9.17, 15) is 9.59 Å². The van der Waals surface area contributed by atoms with Crippen molar-refractivity contribution >= 4 is 11.7 Å². The maximum Gasteiger partial charge on any atom is 0.219 e. The lowest BCUT2D eigenvalue weighted by Crippen LogP contribution is -2.13. The summed E-state index contributed by atoms with van der Waals surface area (Å²) in [5.41, 5.74) is 5.74. The highest BCUT2D eigenvalue weighted by Gasteiger charge is 2.06. The molecule has 82 valence electrons. The highest BCUT2D eigenvalue weighted by Crippen LogP contribution is 2.06. The lowest BCUT2D eigenvalue weighted by molar-refractivity contribution is -0.118. The van der Waals surface area contributed by atoms with E-state index in [-0.39, 0.29) is 11.7 Å². The molecule has 4 heteroatoms. The van der Waals surface area contributed by atoms with Crippen molar-refractivity contribution in [2.45, 2.75) is 32.7 Å². The van der Waals surface area contributed by atoms with Gasteiger partial charge in [0.05, 0.1) is 0 Å². The van der Waals surface area contributed by atoms with Crippen LogP contribution in [0.3, 0.4) is 0 Å². The van der Waals surface area contributed by atoms with Crippen molar-refractivity contribution in [3.05, 3.63) is 24.0 Å². The molecule has 0 saturated carbocycles. The van der Waals surface area contributed by atoms with Gasteiger partial charge >= 0.3 is 0 Å². The Bertz CT molecular complexity index is 355. The smallest absolute Gasteiger partial charge is 0.219 e. The minimum atomic E-state index is -0.329. The van der Waals surface area contributed by atoms with Crippen molar-refractivity contribution in [2.75, 3.05) is 0 Å². The van der Waals surface area contributed by atoms with Gasteiger partial charge in [-0.3, -0.25) is 9.59 Å². The number of Topliss-reactive ketones (excluding diaryl/α,β-unsaturated/α-hetero) is 1. The minimum Gasteiger partial charge on any atom is -0.370 e. The number of aryl methyl sites for hydroxylation is 1. The van der Waals surface area contributed by atoms with Gasteiger partial charge in [-0.2, -0.15) is 0 Å². The third kappa shape index (κ3) is 3.58. The first-order valence-electron chi connectivity index (χ1n) is 5.10. The van der Waals surface area contributed by atoms with E-state index in [4.69, 9.17) is 5.73 Å². The number of carbonyl (C=O) groups is 2. The number of carbonyl (C=O) groups excluding carboxylic acids is 2. The third-order valence-corrected chi connectivity index (χ3v) is 2.17. The Morgan fingerprint density at radius 2 is 2.13 bits per heavy atom. The van der Waals surface area contributed by atoms with Gasteiger partial charge in [0, 0.05) is 37.3 Å². The van der Waals surface area contributed by atoms with E-state index in [1.807, 2.05) is 11.5 Å². The van der Waals surface area contributed by atoms with Gasteiger partial charge in [-0.05, 0) is 12.5 Å². The number of aromatic nitrogens is 1. The lowest BCUT2D eigenvalue weighted by Gasteiger charge is -1.99. The van der Waals surface area contributed by atoms with Gasteiger partial charge in [0.2, 0.25) is 5.91 Å². The summed E-state index contributed by atoms with van der Waals surface area (Å²) in [5.74, 6) is -0.180. The molecule has 0 aliphatic rings. The lowest BCUT2D eigenvalue weighted by atomic mass is 10.1. The number of nitrogens with two attached hydrogens (primary N) is 1. The molecule has 0 saturated heterocycles. The molecule has 1 heterocycles. The molecular formula is C11H16N2O2. The first-order chi connectivity index (χ1) is 7.13. The van der Waals surface area contributed by atoms with Crippen LogP contribution in [0.5, 0.6) is 0 Å². The molecule has 15 heavy (non-hydrogen) atoms. The van der Waals surface area contributed by atoms with E-state index >= 15 is 0 Å². The number of ketones is 1. The zero-order valence-electron chi connectivity index (χ0n) is 8.90. The van der Waals surface area contributed by atoms with Crippen LogP contribution in [0.1, 0.15) is 36.5 Å². The van der Waals surface area contributed by atoms with Crippen molar-refractivity contribution in [1.29, 1.82) is 0 Å². The van der Waals surface area contributed by atoms with Crippen LogP contribution >= 0.6 is 0 Å². The molecular weight excluding hydrogens is 192 g/mol. The molecule has 0 atom stereocenters. The van der Waals surface area contributed by atoms with Gasteiger partial charge in [0.15, 0.2) is 5.78 Å². The van der Waals surface area contributed by atoms with Crippen LogP contribution in [-0.2, 0) is 11.3 Å². The highest BCUT2D eigenvalue weighted by atomic mass is 16.1. The number of hydrogen-bond acceptors (Lipinski definition) is 2. The molecule has 0 aromatic carbocycles. The first kappa shape index (κ1) is 11.5. The maximum atomic E-state index is 11.5. The Morgan fingerprint density at radius 1 is 1.40 bits per heavy atom. The molecule has 1 rings (SSSR count). The van der Waals surface area contributed by atoms with Crippen molar-refractivity contribution in [3.8, 4) is 0 Å². The molecule has 0 bridgehead atoms. The van der Waals surface area contributed by atoms with Gasteiger partial charge < -0.3 is 10.3 Å². The fraction of sp³-hybridized carbons (Fsp3) is 0.455. The maximum absolute atomic E-state index is 11.5. The number of nitrogens with zero attached hydrogens (tertiary/aromatic N) is 1. The highest BCUT2D eigenvalue weighted by molar-refractivity contribution is 5.95. The Morgan fingerprint density at radius 3 is 2.73 bits per heavy atom. The molecule has 0 fully saturated rings. The van der Waals surface area contributed by atoms with Crippen LogP contribution < -0.4 is 5.73 Å². The van der Waals surface area contributed by atoms with Crippen LogP contribution in [0.2, 0.25) is 0 Å². The molecule has 0 spiro atoms. The van der Waals surface area contributed by atoms with Crippen LogP contribution in [0.25, 0.3) is 0 Å². The molecule has 0 aliphatic carbocycles. The quantitative estimate of drug-likeness (QED) is 0.717. The number of rotatable bonds is 6. The standard InChI is InChI=1S/C11H16N2O2/c1-2-3-10(14)9-4-6-13(8-9)7-5-11(12)15/h4,6,8H,2-3,5,7H2,1H3,(H2,12,15). The predicted molar refractivity (Wildman–Crippen MR) is 57.5 cm³/mol. The van der Waals surface area contributed by atoms with Crippen LogP contribution in [-0.4, -0.2) is 16.3 Å². The average Bonchev–Trinajstić information content (AvgIpc) is 2.63. The van der Waals surface area contributed by atoms with Crippen LogP contribution in [0.4, 0.5) is 0 Å². The van der Waals surface area contributed by atoms with Crippen molar-refractivity contribution < 1.29 is 9.59 Å². The van der Waals surface area contributed by atoms with Crippen molar-refractivity contribution in [1.82, 2.24) is 4.57 Å². The molecule has 2 N–H and O–H groups in total. The summed E-state index contributed by atoms with van der Waals surface area (Å²) >= 11 is 0. The predicted octanol–water partition coefficient (Wildman–Crippen LogP) is 1.35. The topological polar surface area (TPSA) is 65.1 Å². The molecule has 0 radical (unpaired) electrons. The number of primary amides is 1. The summed E-state index contributed by atoms with van der Waals surface area (Å²) in [7, 11) is 0. The van der Waals surface area contributed by atoms with E-state index in [0.717, 1.165) is 6.42 Å². The summed E-state index contributed by atoms with van der Waals surface area (Å²) < 4.78 is 1.81. The summed E-state index contributed by atoms with van der Waals surface area (Å²) in [6.07, 6.45) is 5.29. The van der Waals surface area contributed by atoms with Gasteiger partial charge in [0.25, 0.3) is 0 Å². The Labute approximate surface area is 89.1 Å². The zero-order chi connectivity index (χ0) is 11.3. The summed E-state index contributed by atoms with van der Waals surface area (Å²) in [5, 5.41) is 0. The average molecular weight is 208 g/mol. The molecule has 0 aliphatic heterocycles. The van der Waals surface area contributed by atoms with Gasteiger partial charge in [-0.25, -0.2) is 0 Å². The fourth-order valence-electron chi connectivity index (χ4n) is 1.36. The largest absolute Gasteiger partial charge is 0.370 e. The molecule has 0 unspecified atom stereocenters. The summed E-state index contributed by atoms with van der Waals surface area (Å²) in [4.78, 5) is 22.0. The van der Waals surface area contributed by atoms with Crippen molar-refractivity contribution in [2.24, 2.45) is 5.73 Å². The SMILES string of the molecule is CCCC(=O)c1ccn(CCC(N)=O)c1. The summed E-state index contributed by atoms with van der Waals surface area (Å²) in [6, 6.07) is 1.78. The Kier molecular flexibility index (Phi) is 4.09. The Hall–Kier alpha value is -1.58. The van der Waals surface area contributed by atoms with E-state index in [1.165, 1.54) is 0 Å². The van der Waals surface area contributed by atoms with Gasteiger partial charge in [-0.15, -0.1) is 0 Å². The van der Waals surface area contributed by atoms with E-state index in [0.29, 0.717) is 24.9 Å². The second kappa shape index (κ2) is 5.34. The minimum absolute atomic E-state index is 0.148. The zero-order valence-corrected chi connectivity index (χ0v) is 8.90. The van der Waals surface area contributed by atoms with E-state index in [1.54, 1.807) is 18.5 Å². The van der Waals surface area contributed by atoms with Gasteiger partial charge in [-0.1, -0.05) is 6.92 Å². The normalized spacial score (nSPS) is 10.2. The van der Waals surface area contributed by atoms with E-state index in [2.05, 4.69) is 0 Å². The van der Waals surface area contributed by atoms with Gasteiger partial charge in [0.1, 0.15) is 0 Å². The second-order valence-electron chi connectivity index (χ2n) is 3.53. The van der Waals surface area contributed by atoms with Crippen LogP contribution in [0, 0.1) is 0 Å². The molecule has 1 amide bonds. The number of amides is 1. The molecule has 1 aromatic heterocycles. The summed E-state index contributed by atoms with van der Waals surface area (Å²) in [6.45, 7) is 2.51. The van der Waals surface area contributed by atoms with E-state index < -0.39 is 0 Å². The number of hydrogen-bond donors (Lipinski definition) is 1. The first-order valence-corrected chi connectivity index (χ1v) is 5.10.